The van der Waals surface area contributed by atoms with Gasteiger partial charge in [0.05, 0.1) is 42.5 Å². The number of imide groups is 1. The first-order chi connectivity index (χ1) is 38.3. The number of carboxylic acids is 1. The molecule has 2 heterocycles. The Balaban J connectivity index is 1.68. The van der Waals surface area contributed by atoms with Crippen molar-refractivity contribution in [2.45, 2.75) is 247 Å². The summed E-state index contributed by atoms with van der Waals surface area (Å²) >= 11 is 0. The first-order valence-electron chi connectivity index (χ1n) is 30.9. The molecule has 0 radical (unpaired) electrons. The zero-order chi connectivity index (χ0) is 60.9. The van der Waals surface area contributed by atoms with Crippen LogP contribution in [-0.4, -0.2) is 156 Å². The maximum absolute atomic E-state index is 14.8. The molecule has 2 saturated heterocycles. The Kier molecular flexibility index (Phi) is 29.6. The lowest BCUT2D eigenvalue weighted by molar-refractivity contribution is -0.149. The van der Waals surface area contributed by atoms with E-state index in [1.54, 1.807) is 30.8 Å². The summed E-state index contributed by atoms with van der Waals surface area (Å²) in [6.07, 6.45) is 11.0. The second-order valence-electron chi connectivity index (χ2n) is 25.0. The summed E-state index contributed by atoms with van der Waals surface area (Å²) in [7, 11) is 6.29. The van der Waals surface area contributed by atoms with Crippen molar-refractivity contribution in [1.82, 2.24) is 30.2 Å². The Morgan fingerprint density at radius 2 is 1.44 bits per heavy atom. The van der Waals surface area contributed by atoms with Gasteiger partial charge in [-0.2, -0.15) is 0 Å². The number of hydrogen-bond donors (Lipinski definition) is 3. The molecule has 0 bridgehead atoms. The highest BCUT2D eigenvalue weighted by molar-refractivity contribution is 6.04. The molecule has 0 spiro atoms. The fourth-order valence-corrected chi connectivity index (χ4v) is 12.5. The molecule has 17 nitrogen and oxygen atoms in total. The highest BCUT2D eigenvalue weighted by Crippen LogP contribution is 2.40. The van der Waals surface area contributed by atoms with E-state index in [4.69, 9.17) is 9.47 Å². The van der Waals surface area contributed by atoms with Crippen molar-refractivity contribution in [3.8, 4) is 0 Å². The van der Waals surface area contributed by atoms with Crippen molar-refractivity contribution < 1.29 is 52.9 Å². The molecule has 0 aliphatic carbocycles. The summed E-state index contributed by atoms with van der Waals surface area (Å²) in [5.41, 5.74) is 1.77. The molecule has 0 saturated carbocycles. The number of rotatable bonds is 37. The number of unbranched alkanes of at least 4 members (excludes halogenated alkanes) is 5. The first kappa shape index (κ1) is 70.4. The number of likely N-dealkylation sites (N-methyl/N-ethyl adjacent to an activating group) is 2. The van der Waals surface area contributed by atoms with Gasteiger partial charge in [0, 0.05) is 60.7 Å². The van der Waals surface area contributed by atoms with Crippen LogP contribution in [0.1, 0.15) is 209 Å². The van der Waals surface area contributed by atoms with Gasteiger partial charge in [-0.05, 0) is 85.2 Å². The number of methoxy groups -OCH3 is 2. The zero-order valence-electron chi connectivity index (χ0n) is 52.8. The first-order valence-corrected chi connectivity index (χ1v) is 30.9. The second kappa shape index (κ2) is 34.0. The fourth-order valence-electron chi connectivity index (χ4n) is 12.5. The minimum Gasteiger partial charge on any atom is -0.480 e. The number of carbonyl (C=O) groups is 8. The molecule has 2 unspecified atom stereocenters. The lowest BCUT2D eigenvalue weighted by atomic mass is 9.74. The van der Waals surface area contributed by atoms with Crippen molar-refractivity contribution >= 4 is 47.3 Å². The van der Waals surface area contributed by atoms with Gasteiger partial charge in [-0.1, -0.05) is 152 Å². The van der Waals surface area contributed by atoms with Crippen LogP contribution in [0.2, 0.25) is 0 Å². The Labute approximate surface area is 487 Å². The van der Waals surface area contributed by atoms with Crippen LogP contribution in [0.15, 0.2) is 24.3 Å². The number of nitrogens with one attached hydrogen (secondary N) is 2. The number of likely N-dealkylation sites (tertiary alicyclic amines) is 2. The monoisotopic (exact) mass is 1140 g/mol. The maximum Gasteiger partial charge on any atom is 0.326 e. The molecular formula is C64H108N6O11. The summed E-state index contributed by atoms with van der Waals surface area (Å²) < 4.78 is 12.1. The summed E-state index contributed by atoms with van der Waals surface area (Å²) in [6.45, 7) is 24.5. The van der Waals surface area contributed by atoms with Crippen LogP contribution in [0.4, 0.5) is 0 Å². The molecule has 11 atom stereocenters. The summed E-state index contributed by atoms with van der Waals surface area (Å²) in [5.74, 6) is -4.61. The Morgan fingerprint density at radius 1 is 0.790 bits per heavy atom. The molecule has 3 rings (SSSR count). The Hall–Kier alpha value is -4.90. The normalized spacial score (nSPS) is 19.2. The third-order valence-corrected chi connectivity index (χ3v) is 18.0. The van der Waals surface area contributed by atoms with E-state index in [9.17, 15) is 43.5 Å². The van der Waals surface area contributed by atoms with Crippen molar-refractivity contribution in [3.63, 3.8) is 0 Å². The van der Waals surface area contributed by atoms with Gasteiger partial charge in [0.1, 0.15) is 18.1 Å². The minimum absolute atomic E-state index is 0.0817. The average molecular weight is 1140 g/mol. The van der Waals surface area contributed by atoms with Crippen LogP contribution < -0.4 is 10.6 Å². The van der Waals surface area contributed by atoms with Crippen molar-refractivity contribution in [2.24, 2.45) is 35.0 Å². The predicted molar refractivity (Wildman–Crippen MR) is 318 cm³/mol. The number of ether oxygens (including phenoxy) is 2. The highest BCUT2D eigenvalue weighted by Gasteiger charge is 2.47. The third-order valence-electron chi connectivity index (χ3n) is 18.0. The largest absolute Gasteiger partial charge is 0.480 e. The van der Waals surface area contributed by atoms with Crippen LogP contribution >= 0.6 is 0 Å². The van der Waals surface area contributed by atoms with Gasteiger partial charge < -0.3 is 39.9 Å². The van der Waals surface area contributed by atoms with Gasteiger partial charge in [-0.15, -0.1) is 0 Å². The molecule has 2 aliphatic rings. The molecule has 3 N–H and O–H groups in total. The molecular weight excluding hydrogens is 1030 g/mol. The van der Waals surface area contributed by atoms with Gasteiger partial charge in [0.25, 0.3) is 0 Å². The number of carbonyl (C=O) groups excluding carboxylic acids is 7. The van der Waals surface area contributed by atoms with E-state index in [0.717, 1.165) is 56.9 Å². The quantitative estimate of drug-likeness (QED) is 0.0422. The zero-order valence-corrected chi connectivity index (χ0v) is 52.8. The van der Waals surface area contributed by atoms with Crippen LogP contribution in [0.5, 0.6) is 0 Å². The lowest BCUT2D eigenvalue weighted by Gasteiger charge is -2.41. The van der Waals surface area contributed by atoms with E-state index in [2.05, 4.69) is 57.4 Å². The van der Waals surface area contributed by atoms with Crippen molar-refractivity contribution in [2.75, 3.05) is 41.4 Å². The van der Waals surface area contributed by atoms with Gasteiger partial charge in [0.2, 0.25) is 41.4 Å². The summed E-state index contributed by atoms with van der Waals surface area (Å²) in [6, 6.07) is 3.91. The third kappa shape index (κ3) is 19.6. The molecule has 2 fully saturated rings. The molecule has 81 heavy (non-hydrogen) atoms. The lowest BCUT2D eigenvalue weighted by Crippen LogP contribution is -2.60. The van der Waals surface area contributed by atoms with Gasteiger partial charge >= 0.3 is 5.97 Å². The van der Waals surface area contributed by atoms with E-state index in [0.29, 0.717) is 57.5 Å². The van der Waals surface area contributed by atoms with E-state index in [1.165, 1.54) is 29.6 Å². The standard InChI is InChI=1S/C64H108N6O11/c1-17-21-25-35-64(11,12)48-39-53(72)70(61(48)76)36-26-23-24-30-52(71)67(13)56(42(7)8)60(75)66-55(41(5)6)62(77)68(14)57(43(9)19-3)51(80-15)40-54(73)69-37-27-29-50(69)58(81-16)44(10)59(74)65-49(63(78)79)38-45-31-33-47(34-32-45)46(20-4)28-22-18-2/h31-34,41-44,46,48-51,55-58H,17-30,35-40H2,1-16H3,(H,65,74)(H,66,75)(H,78,79)/t43-,44+,46?,48?,49-,50-,51+,55-,56-,57-,58+/m0/s1. The fraction of sp³-hybridized carbons (Fsp3) is 0.781. The summed E-state index contributed by atoms with van der Waals surface area (Å²) in [5, 5.41) is 16.0. The molecule has 2 aliphatic heterocycles. The molecule has 0 aromatic heterocycles. The Bertz CT molecular complexity index is 2180. The van der Waals surface area contributed by atoms with Crippen LogP contribution in [-0.2, 0) is 54.3 Å². The van der Waals surface area contributed by atoms with Crippen LogP contribution in [0.3, 0.4) is 0 Å². The topological polar surface area (TPSA) is 212 Å². The molecule has 460 valence electrons. The molecule has 17 heteroatoms. The number of benzene rings is 1. The second-order valence-corrected chi connectivity index (χ2v) is 25.0. The van der Waals surface area contributed by atoms with Crippen molar-refractivity contribution in [3.05, 3.63) is 35.4 Å². The number of nitrogens with zero attached hydrogens (tertiary/aromatic N) is 4. The van der Waals surface area contributed by atoms with Gasteiger partial charge in [-0.25, -0.2) is 4.79 Å². The SMILES string of the molecule is CCCCCC(C)(C)C1CC(=O)N(CCCCCC(=O)N(C)[C@H](C(=O)N[C@H](C(=O)N(C)[C@@H]([C@@H](C)CC)[C@@H](CC(=O)N2CCC[C@H]2[C@H](OC)[C@@H](C)C(=O)N[C@@H](Cc2ccc(C(CC)CCCC)cc2)C(=O)O)OC)C(C)C)C(C)C)C1=O. The number of hydrogen-bond acceptors (Lipinski definition) is 10. The Morgan fingerprint density at radius 3 is 2.00 bits per heavy atom. The maximum atomic E-state index is 14.8. The average Bonchev–Trinajstić information content (AvgIpc) is 4.17. The van der Waals surface area contributed by atoms with Crippen LogP contribution in [0.25, 0.3) is 0 Å². The van der Waals surface area contributed by atoms with Crippen LogP contribution in [0, 0.1) is 35.0 Å². The van der Waals surface area contributed by atoms with E-state index in [-0.39, 0.29) is 84.3 Å². The van der Waals surface area contributed by atoms with E-state index in [1.807, 2.05) is 53.7 Å². The number of aliphatic carboxylic acids is 1. The van der Waals surface area contributed by atoms with Gasteiger partial charge in [-0.3, -0.25) is 38.5 Å². The van der Waals surface area contributed by atoms with Gasteiger partial charge in [0.15, 0.2) is 0 Å². The molecule has 1 aromatic rings. The smallest absolute Gasteiger partial charge is 0.326 e. The molecule has 1 aromatic carbocycles. The highest BCUT2D eigenvalue weighted by atomic mass is 16.5. The summed E-state index contributed by atoms with van der Waals surface area (Å²) in [4.78, 5) is 116. The minimum atomic E-state index is -1.17. The van der Waals surface area contributed by atoms with E-state index >= 15 is 0 Å². The number of carboxylic acid groups (broad SMARTS) is 1. The molecule has 7 amide bonds. The van der Waals surface area contributed by atoms with Crippen molar-refractivity contribution in [1.29, 1.82) is 0 Å². The number of amides is 7. The predicted octanol–water partition coefficient (Wildman–Crippen LogP) is 9.57. The van der Waals surface area contributed by atoms with E-state index < -0.39 is 66.1 Å².